The summed E-state index contributed by atoms with van der Waals surface area (Å²) in [6.45, 7) is 4.86. The molecule has 11 heteroatoms. The maximum absolute atomic E-state index is 13.3. The largest absolute Gasteiger partial charge is 0.467 e. The first-order valence-electron chi connectivity index (χ1n) is 14.1. The van der Waals surface area contributed by atoms with Crippen molar-refractivity contribution in [3.8, 4) is 0 Å². The summed E-state index contributed by atoms with van der Waals surface area (Å²) in [6.07, 6.45) is 3.32. The summed E-state index contributed by atoms with van der Waals surface area (Å²) >= 11 is 0. The predicted molar refractivity (Wildman–Crippen MR) is 159 cm³/mol. The Hall–Kier alpha value is -3.31. The lowest BCUT2D eigenvalue weighted by Gasteiger charge is -2.32. The van der Waals surface area contributed by atoms with Crippen LogP contribution in [0.15, 0.2) is 42.5 Å². The fourth-order valence-corrected chi connectivity index (χ4v) is 5.57. The van der Waals surface area contributed by atoms with Gasteiger partial charge in [-0.2, -0.15) is 0 Å². The van der Waals surface area contributed by atoms with Gasteiger partial charge in [-0.3, -0.25) is 23.5 Å². The first-order valence-corrected chi connectivity index (χ1v) is 15.8. The van der Waals surface area contributed by atoms with Crippen LogP contribution in [0.3, 0.4) is 0 Å². The Balaban J connectivity index is 1.84. The molecule has 10 nitrogen and oxygen atoms in total. The highest BCUT2D eigenvalue weighted by molar-refractivity contribution is 7.84. The van der Waals surface area contributed by atoms with E-state index in [0.717, 1.165) is 22.8 Å². The molecule has 1 fully saturated rings. The van der Waals surface area contributed by atoms with E-state index in [2.05, 4.69) is 16.0 Å². The van der Waals surface area contributed by atoms with Crippen molar-refractivity contribution in [1.29, 1.82) is 0 Å². The van der Waals surface area contributed by atoms with Crippen LogP contribution >= 0.6 is 0 Å². The Labute approximate surface area is 244 Å². The molecule has 0 bridgehead atoms. The molecule has 3 rings (SSSR count). The second-order valence-corrected chi connectivity index (χ2v) is 12.2. The van der Waals surface area contributed by atoms with Crippen molar-refractivity contribution in [2.75, 3.05) is 32.2 Å². The number of methoxy groups -OCH3 is 1. The summed E-state index contributed by atoms with van der Waals surface area (Å²) in [5, 5.41) is 10.8. The maximum Gasteiger partial charge on any atom is 0.328 e. The molecule has 1 unspecified atom stereocenters. The van der Waals surface area contributed by atoms with Gasteiger partial charge in [0.25, 0.3) is 0 Å². The topological polar surface area (TPSA) is 134 Å². The number of nitrogens with zero attached hydrogens (tertiary/aromatic N) is 1. The van der Waals surface area contributed by atoms with E-state index in [0.29, 0.717) is 25.9 Å². The number of carbonyl (C=O) groups is 4. The number of fused-ring (bicyclic) bond motifs is 1. The number of carbonyl (C=O) groups excluding carboxylic acids is 4. The van der Waals surface area contributed by atoms with Crippen LogP contribution in [0, 0.1) is 5.92 Å². The van der Waals surface area contributed by atoms with Gasteiger partial charge in [0.1, 0.15) is 12.1 Å². The molecular formula is C30H42N4O6S. The van der Waals surface area contributed by atoms with Crippen LogP contribution in [0.5, 0.6) is 0 Å². The highest BCUT2D eigenvalue weighted by atomic mass is 32.2. The van der Waals surface area contributed by atoms with Crippen LogP contribution < -0.4 is 16.0 Å². The number of nitrogens with one attached hydrogen (secondary N) is 3. The lowest BCUT2D eigenvalue weighted by Crippen LogP contribution is -2.53. The quantitative estimate of drug-likeness (QED) is 0.271. The Morgan fingerprint density at radius 2 is 1.88 bits per heavy atom. The predicted octanol–water partition coefficient (Wildman–Crippen LogP) is 1.88. The van der Waals surface area contributed by atoms with E-state index in [-0.39, 0.29) is 48.4 Å². The number of esters is 1. The monoisotopic (exact) mass is 586 g/mol. The molecular weight excluding hydrogens is 544 g/mol. The fraction of sp³-hybridized carbons (Fsp3) is 0.533. The van der Waals surface area contributed by atoms with Gasteiger partial charge in [-0.15, -0.1) is 0 Å². The summed E-state index contributed by atoms with van der Waals surface area (Å²) < 4.78 is 16.5. The zero-order chi connectivity index (χ0) is 29.9. The molecule has 1 heterocycles. The zero-order valence-corrected chi connectivity index (χ0v) is 25.1. The Morgan fingerprint density at radius 1 is 1.15 bits per heavy atom. The molecule has 1 aliphatic heterocycles. The minimum absolute atomic E-state index is 0.0328. The van der Waals surface area contributed by atoms with Crippen molar-refractivity contribution < 1.29 is 28.1 Å². The smallest absolute Gasteiger partial charge is 0.328 e. The molecule has 2 aromatic rings. The third-order valence-corrected chi connectivity index (χ3v) is 8.39. The van der Waals surface area contributed by atoms with E-state index in [1.807, 2.05) is 61.2 Å². The molecule has 41 heavy (non-hydrogen) atoms. The number of hydrogen-bond donors (Lipinski definition) is 3. The Kier molecular flexibility index (Phi) is 12.3. The van der Waals surface area contributed by atoms with Gasteiger partial charge in [-0.25, -0.2) is 4.79 Å². The number of hydrogen-bond acceptors (Lipinski definition) is 7. The molecule has 0 radical (unpaired) electrons. The Bertz CT molecular complexity index is 1250. The second kappa shape index (κ2) is 15.6. The summed E-state index contributed by atoms with van der Waals surface area (Å²) in [7, 11) is 0.124. The maximum atomic E-state index is 13.3. The van der Waals surface area contributed by atoms with E-state index < -0.39 is 28.9 Å². The van der Waals surface area contributed by atoms with Crippen molar-refractivity contribution in [2.45, 2.75) is 64.2 Å². The molecule has 0 aliphatic carbocycles. The number of benzene rings is 2. The normalized spacial score (nSPS) is 17.9. The standard InChI is InChI=1S/C30H42N4O6S/c1-5-20(2)26(33-29(37)24-13-14-27(35)31-24)18-34(17-22-11-8-10-21-9-6-7-12-23(21)22)19-28(36)32-25(30(38)40-3)15-16-41(4)39/h6-12,20,24-26H,5,13-19H2,1-4H3,(H,31,35)(H,32,36)(H,33,37)/t20-,24-,25-,26+,41?/m0/s1. The lowest BCUT2D eigenvalue weighted by molar-refractivity contribution is -0.145. The lowest BCUT2D eigenvalue weighted by atomic mass is 9.97. The average molecular weight is 587 g/mol. The molecule has 1 saturated heterocycles. The van der Waals surface area contributed by atoms with Gasteiger partial charge in [0.2, 0.25) is 17.7 Å². The van der Waals surface area contributed by atoms with Crippen LogP contribution in [0.2, 0.25) is 0 Å². The van der Waals surface area contributed by atoms with Gasteiger partial charge in [-0.1, -0.05) is 62.7 Å². The van der Waals surface area contributed by atoms with Crippen molar-refractivity contribution in [3.63, 3.8) is 0 Å². The summed E-state index contributed by atoms with van der Waals surface area (Å²) in [5.41, 5.74) is 1.03. The number of ether oxygens (including phenoxy) is 1. The van der Waals surface area contributed by atoms with Crippen LogP contribution in [0.1, 0.15) is 45.1 Å². The van der Waals surface area contributed by atoms with E-state index in [1.54, 1.807) is 6.26 Å². The van der Waals surface area contributed by atoms with E-state index in [9.17, 15) is 23.4 Å². The van der Waals surface area contributed by atoms with Crippen molar-refractivity contribution in [3.05, 3.63) is 48.0 Å². The van der Waals surface area contributed by atoms with E-state index >= 15 is 0 Å². The molecule has 3 N–H and O–H groups in total. The SMILES string of the molecule is CC[C@H](C)[C@@H](CN(CC(=O)N[C@@H](CCS(C)=O)C(=O)OC)Cc1cccc2ccccc12)NC(=O)[C@@H]1CCC(=O)N1. The van der Waals surface area contributed by atoms with Crippen molar-refractivity contribution >= 4 is 45.3 Å². The van der Waals surface area contributed by atoms with Gasteiger partial charge in [0, 0.05) is 48.4 Å². The van der Waals surface area contributed by atoms with Gasteiger partial charge < -0.3 is 20.7 Å². The molecule has 5 atom stereocenters. The van der Waals surface area contributed by atoms with Crippen molar-refractivity contribution in [1.82, 2.24) is 20.9 Å². The highest BCUT2D eigenvalue weighted by Gasteiger charge is 2.31. The first kappa shape index (κ1) is 32.2. The van der Waals surface area contributed by atoms with Crippen LogP contribution in [-0.4, -0.2) is 83.1 Å². The van der Waals surface area contributed by atoms with Gasteiger partial charge >= 0.3 is 5.97 Å². The van der Waals surface area contributed by atoms with Crippen LogP contribution in [-0.2, 0) is 41.3 Å². The molecule has 0 aromatic heterocycles. The molecule has 3 amide bonds. The molecule has 0 spiro atoms. The summed E-state index contributed by atoms with van der Waals surface area (Å²) in [6, 6.07) is 12.3. The van der Waals surface area contributed by atoms with Gasteiger partial charge in [0.05, 0.1) is 13.7 Å². The zero-order valence-electron chi connectivity index (χ0n) is 24.3. The highest BCUT2D eigenvalue weighted by Crippen LogP contribution is 2.21. The third kappa shape index (κ3) is 9.64. The van der Waals surface area contributed by atoms with Crippen molar-refractivity contribution in [2.24, 2.45) is 5.92 Å². The summed E-state index contributed by atoms with van der Waals surface area (Å²) in [5.74, 6) is -0.982. The van der Waals surface area contributed by atoms with E-state index in [4.69, 9.17) is 4.74 Å². The number of amides is 3. The summed E-state index contributed by atoms with van der Waals surface area (Å²) in [4.78, 5) is 52.3. The third-order valence-electron chi connectivity index (χ3n) is 7.58. The van der Waals surface area contributed by atoms with Gasteiger partial charge in [-0.05, 0) is 35.1 Å². The van der Waals surface area contributed by atoms with Crippen LogP contribution in [0.4, 0.5) is 0 Å². The first-order chi connectivity index (χ1) is 19.6. The molecule has 2 aromatic carbocycles. The molecule has 1 aliphatic rings. The second-order valence-electron chi connectivity index (χ2n) is 10.7. The minimum Gasteiger partial charge on any atom is -0.467 e. The Morgan fingerprint density at radius 3 is 2.54 bits per heavy atom. The molecule has 0 saturated carbocycles. The van der Waals surface area contributed by atoms with Gasteiger partial charge in [0.15, 0.2) is 0 Å². The van der Waals surface area contributed by atoms with E-state index in [1.165, 1.54) is 7.11 Å². The average Bonchev–Trinajstić information content (AvgIpc) is 3.40. The minimum atomic E-state index is -1.13. The fourth-order valence-electron chi connectivity index (χ4n) is 5.00. The molecule has 224 valence electrons. The number of rotatable bonds is 15. The van der Waals surface area contributed by atoms with Crippen LogP contribution in [0.25, 0.3) is 10.8 Å².